The first-order valence-electron chi connectivity index (χ1n) is 7.57. The average molecular weight is 269 g/mol. The lowest BCUT2D eigenvalue weighted by Gasteiger charge is -2.23. The lowest BCUT2D eigenvalue weighted by Crippen LogP contribution is -2.30. The van der Waals surface area contributed by atoms with E-state index < -0.39 is 0 Å². The van der Waals surface area contributed by atoms with Crippen LogP contribution in [0.2, 0.25) is 0 Å². The van der Waals surface area contributed by atoms with Crippen molar-refractivity contribution in [3.05, 3.63) is 53.3 Å². The highest BCUT2D eigenvalue weighted by molar-refractivity contribution is 5.33. The summed E-state index contributed by atoms with van der Waals surface area (Å²) in [5.74, 6) is 0.619. The molecule has 0 fully saturated rings. The Morgan fingerprint density at radius 3 is 2.50 bits per heavy atom. The second-order valence-electron chi connectivity index (χ2n) is 5.78. The molecule has 2 aromatic rings. The number of aryl methyl sites for hydroxylation is 1. The summed E-state index contributed by atoms with van der Waals surface area (Å²) in [6.45, 7) is 3.26. The van der Waals surface area contributed by atoms with Crippen molar-refractivity contribution in [1.82, 2.24) is 15.1 Å². The molecule has 1 aromatic heterocycles. The highest BCUT2D eigenvalue weighted by atomic mass is 15.3. The summed E-state index contributed by atoms with van der Waals surface area (Å²) < 4.78 is 1.90. The van der Waals surface area contributed by atoms with Crippen LogP contribution in [0.4, 0.5) is 0 Å². The van der Waals surface area contributed by atoms with Gasteiger partial charge < -0.3 is 5.32 Å². The maximum absolute atomic E-state index is 4.63. The number of hydrogen-bond donors (Lipinski definition) is 1. The first-order valence-corrected chi connectivity index (χ1v) is 7.57. The van der Waals surface area contributed by atoms with E-state index in [4.69, 9.17) is 0 Å². The molecule has 3 heteroatoms. The molecule has 0 bridgehead atoms. The molecule has 0 radical (unpaired) electrons. The molecule has 1 aliphatic carbocycles. The Kier molecular flexibility index (Phi) is 3.88. The Bertz CT molecular complexity index is 548. The van der Waals surface area contributed by atoms with Gasteiger partial charge in [-0.25, -0.2) is 0 Å². The number of nitrogens with one attached hydrogen (secondary N) is 1. The Morgan fingerprint density at radius 1 is 1.25 bits per heavy atom. The van der Waals surface area contributed by atoms with Crippen molar-refractivity contribution in [2.45, 2.75) is 32.2 Å². The highest BCUT2D eigenvalue weighted by Gasteiger charge is 2.30. The third-order valence-electron chi connectivity index (χ3n) is 4.22. The zero-order valence-electron chi connectivity index (χ0n) is 12.3. The van der Waals surface area contributed by atoms with E-state index in [0.29, 0.717) is 12.0 Å². The number of hydrogen-bond acceptors (Lipinski definition) is 2. The fourth-order valence-electron chi connectivity index (χ4n) is 3.24. The summed E-state index contributed by atoms with van der Waals surface area (Å²) in [6, 6.07) is 11.3. The van der Waals surface area contributed by atoms with E-state index in [1.165, 1.54) is 16.8 Å². The Labute approximate surface area is 121 Å². The Hall–Kier alpha value is -1.61. The van der Waals surface area contributed by atoms with Crippen molar-refractivity contribution in [3.63, 3.8) is 0 Å². The summed E-state index contributed by atoms with van der Waals surface area (Å²) in [5, 5.41) is 8.33. The molecule has 1 N–H and O–H groups in total. The molecule has 106 valence electrons. The van der Waals surface area contributed by atoms with Gasteiger partial charge >= 0.3 is 0 Å². The Morgan fingerprint density at radius 2 is 1.95 bits per heavy atom. The topological polar surface area (TPSA) is 29.9 Å². The SMILES string of the molecule is CCCNC(c1ccn(C)n1)C1Cc2ccccc2C1. The van der Waals surface area contributed by atoms with E-state index >= 15 is 0 Å². The van der Waals surface area contributed by atoms with Gasteiger partial charge in [0.25, 0.3) is 0 Å². The van der Waals surface area contributed by atoms with Crippen molar-refractivity contribution in [2.75, 3.05) is 6.54 Å². The number of nitrogens with zero attached hydrogens (tertiary/aromatic N) is 2. The van der Waals surface area contributed by atoms with Crippen LogP contribution in [-0.4, -0.2) is 16.3 Å². The summed E-state index contributed by atoms with van der Waals surface area (Å²) in [5.41, 5.74) is 4.20. The van der Waals surface area contributed by atoms with Gasteiger partial charge in [0.1, 0.15) is 0 Å². The van der Waals surface area contributed by atoms with Crippen LogP contribution >= 0.6 is 0 Å². The molecule has 20 heavy (non-hydrogen) atoms. The molecule has 0 amide bonds. The van der Waals surface area contributed by atoms with Gasteiger partial charge in [-0.05, 0) is 48.9 Å². The van der Waals surface area contributed by atoms with Crippen molar-refractivity contribution in [1.29, 1.82) is 0 Å². The summed E-state index contributed by atoms with van der Waals surface area (Å²) in [4.78, 5) is 0. The molecular weight excluding hydrogens is 246 g/mol. The van der Waals surface area contributed by atoms with Crippen molar-refractivity contribution < 1.29 is 0 Å². The van der Waals surface area contributed by atoms with Gasteiger partial charge in [-0.3, -0.25) is 4.68 Å². The fourth-order valence-corrected chi connectivity index (χ4v) is 3.24. The summed E-state index contributed by atoms with van der Waals surface area (Å²) >= 11 is 0. The van der Waals surface area contributed by atoms with E-state index in [1.807, 2.05) is 17.9 Å². The van der Waals surface area contributed by atoms with Crippen LogP contribution in [0.25, 0.3) is 0 Å². The highest BCUT2D eigenvalue weighted by Crippen LogP contribution is 2.34. The molecule has 0 aliphatic heterocycles. The second-order valence-corrected chi connectivity index (χ2v) is 5.78. The van der Waals surface area contributed by atoms with E-state index in [1.54, 1.807) is 0 Å². The van der Waals surface area contributed by atoms with E-state index in [-0.39, 0.29) is 0 Å². The number of benzene rings is 1. The first kappa shape index (κ1) is 13.4. The van der Waals surface area contributed by atoms with Gasteiger partial charge in [-0.1, -0.05) is 31.2 Å². The number of fused-ring (bicyclic) bond motifs is 1. The van der Waals surface area contributed by atoms with Gasteiger partial charge in [0.2, 0.25) is 0 Å². The van der Waals surface area contributed by atoms with Crippen molar-refractivity contribution in [2.24, 2.45) is 13.0 Å². The number of rotatable bonds is 5. The zero-order valence-corrected chi connectivity index (χ0v) is 12.3. The molecule has 1 aromatic carbocycles. The first-order chi connectivity index (χ1) is 9.78. The summed E-state index contributed by atoms with van der Waals surface area (Å²) in [7, 11) is 1.99. The predicted molar refractivity (Wildman–Crippen MR) is 81.6 cm³/mol. The maximum atomic E-state index is 4.63. The van der Waals surface area contributed by atoms with Crippen LogP contribution in [0.5, 0.6) is 0 Å². The largest absolute Gasteiger partial charge is 0.308 e. The van der Waals surface area contributed by atoms with Gasteiger partial charge in [-0.2, -0.15) is 5.10 Å². The van der Waals surface area contributed by atoms with Crippen LogP contribution in [0, 0.1) is 5.92 Å². The van der Waals surface area contributed by atoms with Gasteiger partial charge in [0.15, 0.2) is 0 Å². The van der Waals surface area contributed by atoms with Crippen LogP contribution in [0.15, 0.2) is 36.5 Å². The zero-order chi connectivity index (χ0) is 13.9. The third kappa shape index (κ3) is 2.63. The van der Waals surface area contributed by atoms with Crippen molar-refractivity contribution >= 4 is 0 Å². The van der Waals surface area contributed by atoms with E-state index in [2.05, 4.69) is 47.7 Å². The second kappa shape index (κ2) is 5.80. The standard InChI is InChI=1S/C17H23N3/c1-3-9-18-17(16-8-10-20(2)19-16)15-11-13-6-4-5-7-14(13)12-15/h4-8,10,15,17-18H,3,9,11-12H2,1-2H3. The molecule has 1 unspecified atom stereocenters. The van der Waals surface area contributed by atoms with Crippen LogP contribution in [-0.2, 0) is 19.9 Å². The van der Waals surface area contributed by atoms with Crippen LogP contribution in [0.1, 0.15) is 36.2 Å². The minimum absolute atomic E-state index is 0.364. The molecule has 1 aliphatic rings. The lowest BCUT2D eigenvalue weighted by molar-refractivity contribution is 0.364. The van der Waals surface area contributed by atoms with E-state index in [9.17, 15) is 0 Å². The predicted octanol–water partition coefficient (Wildman–Crippen LogP) is 2.88. The molecule has 0 saturated heterocycles. The minimum atomic E-state index is 0.364. The third-order valence-corrected chi connectivity index (χ3v) is 4.22. The molecule has 1 atom stereocenters. The average Bonchev–Trinajstić information content (AvgIpc) is 3.05. The van der Waals surface area contributed by atoms with E-state index in [0.717, 1.165) is 25.8 Å². The van der Waals surface area contributed by atoms with Gasteiger partial charge in [-0.15, -0.1) is 0 Å². The molecular formula is C17H23N3. The van der Waals surface area contributed by atoms with Crippen LogP contribution in [0.3, 0.4) is 0 Å². The van der Waals surface area contributed by atoms with Gasteiger partial charge in [0, 0.05) is 13.2 Å². The van der Waals surface area contributed by atoms with Gasteiger partial charge in [0.05, 0.1) is 11.7 Å². The molecule has 1 heterocycles. The fraction of sp³-hybridized carbons (Fsp3) is 0.471. The normalized spacial score (nSPS) is 16.3. The summed E-state index contributed by atoms with van der Waals surface area (Å²) in [6.07, 6.45) is 5.52. The molecule has 0 saturated carbocycles. The maximum Gasteiger partial charge on any atom is 0.0796 e. The number of aromatic nitrogens is 2. The lowest BCUT2D eigenvalue weighted by atomic mass is 9.94. The van der Waals surface area contributed by atoms with Crippen LogP contribution < -0.4 is 5.32 Å². The monoisotopic (exact) mass is 269 g/mol. The smallest absolute Gasteiger partial charge is 0.0796 e. The Balaban J connectivity index is 1.81. The molecule has 3 nitrogen and oxygen atoms in total. The molecule has 3 rings (SSSR count). The quantitative estimate of drug-likeness (QED) is 0.904. The van der Waals surface area contributed by atoms with Crippen molar-refractivity contribution in [3.8, 4) is 0 Å². The molecule has 0 spiro atoms. The minimum Gasteiger partial charge on any atom is -0.308 e.